The molecule has 0 unspecified atom stereocenters. The lowest BCUT2D eigenvalue weighted by atomic mass is 10.0. The van der Waals surface area contributed by atoms with Crippen LogP contribution >= 0.6 is 15.9 Å². The fraction of sp³-hybridized carbons (Fsp3) is 0.444. The first-order chi connectivity index (χ1) is 11.6. The predicted octanol–water partition coefficient (Wildman–Crippen LogP) is 4.74. The molecule has 1 aromatic heterocycles. The summed E-state index contributed by atoms with van der Waals surface area (Å²) in [4.78, 5) is 12.1. The molecule has 1 saturated carbocycles. The highest BCUT2D eigenvalue weighted by Crippen LogP contribution is 2.29. The Balaban J connectivity index is 1.57. The molecule has 1 fully saturated rings. The molecule has 1 aromatic carbocycles. The van der Waals surface area contributed by atoms with Crippen molar-refractivity contribution in [3.8, 4) is 0 Å². The minimum Gasteiger partial charge on any atom is -0.308 e. The topological polar surface area (TPSA) is 46.9 Å². The fourth-order valence-electron chi connectivity index (χ4n) is 3.19. The summed E-state index contributed by atoms with van der Waals surface area (Å²) >= 11 is 3.40. The molecule has 0 atom stereocenters. The number of rotatable bonds is 6. The lowest BCUT2D eigenvalue weighted by Crippen LogP contribution is -2.14. The molecule has 0 aliphatic heterocycles. The Bertz CT molecular complexity index is 710. The number of hydrogen-bond donors (Lipinski definition) is 1. The van der Waals surface area contributed by atoms with Gasteiger partial charge < -0.3 is 5.32 Å². The molecule has 0 spiro atoms. The van der Waals surface area contributed by atoms with E-state index in [4.69, 9.17) is 0 Å². The van der Waals surface area contributed by atoms with E-state index in [0.717, 1.165) is 6.42 Å². The van der Waals surface area contributed by atoms with Gasteiger partial charge in [0, 0.05) is 18.2 Å². The molecular weight excluding hydrogens is 373 g/mol. The maximum Gasteiger partial charge on any atom is 0.225 e. The van der Waals surface area contributed by atoms with Gasteiger partial charge in [-0.05, 0) is 34.3 Å². The van der Waals surface area contributed by atoms with Gasteiger partial charge in [-0.25, -0.2) is 4.39 Å². The monoisotopic (exact) mass is 393 g/mol. The molecule has 3 rings (SSSR count). The molecule has 0 saturated heterocycles. The van der Waals surface area contributed by atoms with Crippen molar-refractivity contribution in [3.63, 3.8) is 0 Å². The number of amides is 1. The number of aromatic nitrogens is 2. The van der Waals surface area contributed by atoms with Crippen molar-refractivity contribution in [3.05, 3.63) is 46.3 Å². The number of halogens is 2. The Labute approximate surface area is 149 Å². The summed E-state index contributed by atoms with van der Waals surface area (Å²) < 4.78 is 16.0. The zero-order valence-electron chi connectivity index (χ0n) is 13.5. The van der Waals surface area contributed by atoms with E-state index in [0.29, 0.717) is 34.7 Å². The third-order valence-electron chi connectivity index (χ3n) is 4.52. The van der Waals surface area contributed by atoms with Gasteiger partial charge in [0.2, 0.25) is 5.91 Å². The minimum atomic E-state index is -0.258. The summed E-state index contributed by atoms with van der Waals surface area (Å²) in [5.74, 6) is 0.908. The van der Waals surface area contributed by atoms with Crippen LogP contribution in [0.1, 0.15) is 44.1 Å². The summed E-state index contributed by atoms with van der Waals surface area (Å²) in [6, 6.07) is 6.61. The van der Waals surface area contributed by atoms with Crippen LogP contribution in [0.25, 0.3) is 0 Å². The number of anilines is 1. The lowest BCUT2D eigenvalue weighted by Gasteiger charge is -2.08. The molecule has 1 amide bonds. The van der Waals surface area contributed by atoms with Gasteiger partial charge in [-0.3, -0.25) is 9.48 Å². The molecular formula is C18H21BrFN3O. The van der Waals surface area contributed by atoms with Crippen molar-refractivity contribution in [2.24, 2.45) is 5.92 Å². The van der Waals surface area contributed by atoms with E-state index in [9.17, 15) is 9.18 Å². The molecule has 0 radical (unpaired) electrons. The van der Waals surface area contributed by atoms with Gasteiger partial charge in [-0.1, -0.05) is 43.9 Å². The Hall–Kier alpha value is -1.69. The number of hydrogen-bond acceptors (Lipinski definition) is 2. The van der Waals surface area contributed by atoms with Crippen LogP contribution in [-0.2, 0) is 11.3 Å². The van der Waals surface area contributed by atoms with Gasteiger partial charge in [0.25, 0.3) is 0 Å². The van der Waals surface area contributed by atoms with E-state index >= 15 is 0 Å². The van der Waals surface area contributed by atoms with Gasteiger partial charge in [0.1, 0.15) is 5.82 Å². The molecule has 1 heterocycles. The van der Waals surface area contributed by atoms with Gasteiger partial charge >= 0.3 is 0 Å². The molecule has 6 heteroatoms. The number of benzene rings is 1. The highest BCUT2D eigenvalue weighted by atomic mass is 79.9. The number of nitrogens with zero attached hydrogens (tertiary/aromatic N) is 2. The number of nitrogens with one attached hydrogen (secondary N) is 1. The molecule has 1 aliphatic carbocycles. The highest BCUT2D eigenvalue weighted by molar-refractivity contribution is 9.10. The van der Waals surface area contributed by atoms with Crippen molar-refractivity contribution in [1.29, 1.82) is 0 Å². The molecule has 2 aromatic rings. The summed E-state index contributed by atoms with van der Waals surface area (Å²) in [7, 11) is 0. The van der Waals surface area contributed by atoms with E-state index < -0.39 is 0 Å². The van der Waals surface area contributed by atoms with Gasteiger partial charge in [-0.15, -0.1) is 0 Å². The van der Waals surface area contributed by atoms with E-state index in [1.54, 1.807) is 29.1 Å². The first kappa shape index (κ1) is 17.1. The molecule has 1 N–H and O–H groups in total. The standard InChI is InChI=1S/C18H21BrFN3O/c19-15-12-23(11-14-7-3-4-8-16(14)20)22-18(15)21-17(24)10-9-13-5-1-2-6-13/h3-4,7-8,12-13H,1-2,5-6,9-11H2,(H,21,22,24). The Morgan fingerprint density at radius 2 is 2.08 bits per heavy atom. The van der Waals surface area contributed by atoms with Crippen LogP contribution in [0.2, 0.25) is 0 Å². The van der Waals surface area contributed by atoms with Gasteiger partial charge in [0.05, 0.1) is 11.0 Å². The average molecular weight is 394 g/mol. The minimum absolute atomic E-state index is 0.0151. The molecule has 0 bridgehead atoms. The van der Waals surface area contributed by atoms with Crippen LogP contribution in [0.5, 0.6) is 0 Å². The largest absolute Gasteiger partial charge is 0.308 e. The third kappa shape index (κ3) is 4.44. The summed E-state index contributed by atoms with van der Waals surface area (Å²) in [5, 5.41) is 7.18. The van der Waals surface area contributed by atoms with Crippen molar-refractivity contribution in [1.82, 2.24) is 9.78 Å². The van der Waals surface area contributed by atoms with Gasteiger partial charge in [0.15, 0.2) is 5.82 Å². The zero-order valence-corrected chi connectivity index (χ0v) is 15.1. The van der Waals surface area contributed by atoms with E-state index in [-0.39, 0.29) is 11.7 Å². The van der Waals surface area contributed by atoms with Crippen molar-refractivity contribution >= 4 is 27.7 Å². The van der Waals surface area contributed by atoms with Crippen molar-refractivity contribution in [2.45, 2.75) is 45.1 Å². The highest BCUT2D eigenvalue weighted by Gasteiger charge is 2.17. The molecule has 24 heavy (non-hydrogen) atoms. The Morgan fingerprint density at radius 3 is 2.83 bits per heavy atom. The average Bonchev–Trinajstić information content (AvgIpc) is 3.18. The SMILES string of the molecule is O=C(CCC1CCCC1)Nc1nn(Cc2ccccc2F)cc1Br. The predicted molar refractivity (Wildman–Crippen MR) is 95.3 cm³/mol. The van der Waals surface area contributed by atoms with E-state index in [1.165, 1.54) is 31.7 Å². The Kier molecular flexibility index (Phi) is 5.66. The second kappa shape index (κ2) is 7.92. The van der Waals surface area contributed by atoms with E-state index in [2.05, 4.69) is 26.3 Å². The summed E-state index contributed by atoms with van der Waals surface area (Å²) in [6.45, 7) is 0.323. The lowest BCUT2D eigenvalue weighted by molar-refractivity contribution is -0.116. The first-order valence-corrected chi connectivity index (χ1v) is 9.17. The normalized spacial score (nSPS) is 14.9. The molecule has 4 nitrogen and oxygen atoms in total. The smallest absolute Gasteiger partial charge is 0.225 e. The molecule has 1 aliphatic rings. The fourth-order valence-corrected chi connectivity index (χ4v) is 3.61. The van der Waals surface area contributed by atoms with Crippen LogP contribution < -0.4 is 5.32 Å². The quantitative estimate of drug-likeness (QED) is 0.769. The Morgan fingerprint density at radius 1 is 1.33 bits per heavy atom. The number of carbonyl (C=O) groups excluding carboxylic acids is 1. The summed E-state index contributed by atoms with van der Waals surface area (Å²) in [5.41, 5.74) is 0.562. The second-order valence-electron chi connectivity index (χ2n) is 6.35. The van der Waals surface area contributed by atoms with Gasteiger partial charge in [-0.2, -0.15) is 5.10 Å². The van der Waals surface area contributed by atoms with Crippen molar-refractivity contribution < 1.29 is 9.18 Å². The maximum atomic E-state index is 13.7. The number of carbonyl (C=O) groups is 1. The first-order valence-electron chi connectivity index (χ1n) is 8.38. The van der Waals surface area contributed by atoms with E-state index in [1.807, 2.05) is 0 Å². The van der Waals surface area contributed by atoms with Crippen LogP contribution in [0.3, 0.4) is 0 Å². The zero-order chi connectivity index (χ0) is 16.9. The molecule has 128 valence electrons. The van der Waals surface area contributed by atoms with Crippen LogP contribution in [0.15, 0.2) is 34.9 Å². The van der Waals surface area contributed by atoms with Crippen molar-refractivity contribution in [2.75, 3.05) is 5.32 Å². The second-order valence-corrected chi connectivity index (χ2v) is 7.21. The maximum absolute atomic E-state index is 13.7. The van der Waals surface area contributed by atoms with Crippen LogP contribution in [0.4, 0.5) is 10.2 Å². The van der Waals surface area contributed by atoms with Crippen LogP contribution in [0, 0.1) is 11.7 Å². The summed E-state index contributed by atoms with van der Waals surface area (Å²) in [6.07, 6.45) is 8.29. The van der Waals surface area contributed by atoms with Crippen LogP contribution in [-0.4, -0.2) is 15.7 Å². The third-order valence-corrected chi connectivity index (χ3v) is 5.10.